The van der Waals surface area contributed by atoms with E-state index in [1.54, 1.807) is 0 Å². The number of fused-ring (bicyclic) bond motifs is 9. The van der Waals surface area contributed by atoms with Gasteiger partial charge in [-0.3, -0.25) is 0 Å². The summed E-state index contributed by atoms with van der Waals surface area (Å²) in [6.45, 7) is 0. The molecule has 0 spiro atoms. The molecule has 0 saturated carbocycles. The number of rotatable bonds is 6. The number of benzene rings is 11. The van der Waals surface area contributed by atoms with Crippen LogP contribution in [0.15, 0.2) is 224 Å². The molecule has 0 aromatic heterocycles. The predicted molar refractivity (Wildman–Crippen MR) is 245 cm³/mol. The van der Waals surface area contributed by atoms with Crippen molar-refractivity contribution in [2.45, 2.75) is 0 Å². The Morgan fingerprint density at radius 2 is 0.754 bits per heavy atom. The third kappa shape index (κ3) is 5.47. The summed E-state index contributed by atoms with van der Waals surface area (Å²) >= 11 is 0. The molecule has 0 heterocycles. The molecule has 0 N–H and O–H groups in total. The molecule has 0 fully saturated rings. The second-order valence-corrected chi connectivity index (χ2v) is 14.8. The average molecular weight is 724 g/mol. The molecule has 0 aliphatic rings. The normalized spacial score (nSPS) is 11.5. The van der Waals surface area contributed by atoms with Crippen molar-refractivity contribution in [1.82, 2.24) is 0 Å². The van der Waals surface area contributed by atoms with Crippen LogP contribution in [0.5, 0.6) is 0 Å². The van der Waals surface area contributed by atoms with Gasteiger partial charge in [0, 0.05) is 16.8 Å². The van der Waals surface area contributed by atoms with Gasteiger partial charge in [0.25, 0.3) is 0 Å². The van der Waals surface area contributed by atoms with E-state index in [-0.39, 0.29) is 0 Å². The first-order valence-electron chi connectivity index (χ1n) is 19.7. The molecule has 11 aromatic rings. The number of anilines is 3. The van der Waals surface area contributed by atoms with Crippen LogP contribution in [0.25, 0.3) is 87.2 Å². The molecule has 57 heavy (non-hydrogen) atoms. The molecule has 0 saturated heterocycles. The van der Waals surface area contributed by atoms with Gasteiger partial charge in [-0.15, -0.1) is 0 Å². The van der Waals surface area contributed by atoms with Crippen molar-refractivity contribution in [2.75, 3.05) is 4.90 Å². The van der Waals surface area contributed by atoms with Crippen molar-refractivity contribution in [2.24, 2.45) is 0 Å². The van der Waals surface area contributed by atoms with E-state index in [9.17, 15) is 0 Å². The highest BCUT2D eigenvalue weighted by Gasteiger charge is 2.23. The van der Waals surface area contributed by atoms with E-state index in [0.29, 0.717) is 0 Å². The summed E-state index contributed by atoms with van der Waals surface area (Å²) in [4.78, 5) is 2.44. The highest BCUT2D eigenvalue weighted by molar-refractivity contribution is 6.33. The maximum Gasteiger partial charge on any atom is 0.0546 e. The lowest BCUT2D eigenvalue weighted by atomic mass is 9.81. The standard InChI is InChI=1S/C56H37N/c1-5-19-38(20-6-1)50-37-51(39-21-7-2-8-22-39)55-49-34-33-43(36-52(49)46-30-16-18-32-48(46)56(55)54(50)40-23-9-3-10-24-40)57(42-26-11-4-12-27-42)53-35-41-25-13-14-28-44(41)45-29-15-17-31-47(45)53/h1-37H. The van der Waals surface area contributed by atoms with Gasteiger partial charge in [0.2, 0.25) is 0 Å². The van der Waals surface area contributed by atoms with E-state index in [4.69, 9.17) is 0 Å². The van der Waals surface area contributed by atoms with Crippen molar-refractivity contribution in [3.8, 4) is 33.4 Å². The summed E-state index contributed by atoms with van der Waals surface area (Å²) in [6.07, 6.45) is 0. The summed E-state index contributed by atoms with van der Waals surface area (Å²) in [6, 6.07) is 82.1. The SMILES string of the molecule is c1ccc(-c2cc(-c3ccccc3)c3c4ccc(N(c5ccccc5)c5cc6ccccc6c6ccccc56)cc4c4ccccc4c3c2-c2ccccc2)cc1. The Labute approximate surface area is 332 Å². The molecule has 0 aliphatic carbocycles. The van der Waals surface area contributed by atoms with Crippen LogP contribution in [0.4, 0.5) is 17.1 Å². The molecule has 0 atom stereocenters. The van der Waals surface area contributed by atoms with Crippen LogP contribution in [0.1, 0.15) is 0 Å². The van der Waals surface area contributed by atoms with Crippen LogP contribution < -0.4 is 4.90 Å². The van der Waals surface area contributed by atoms with Crippen molar-refractivity contribution in [3.05, 3.63) is 224 Å². The van der Waals surface area contributed by atoms with Crippen molar-refractivity contribution >= 4 is 70.9 Å². The number of para-hydroxylation sites is 1. The van der Waals surface area contributed by atoms with Crippen molar-refractivity contribution in [1.29, 1.82) is 0 Å². The fraction of sp³-hybridized carbons (Fsp3) is 0. The largest absolute Gasteiger partial charge is 0.310 e. The van der Waals surface area contributed by atoms with Crippen LogP contribution in [0, 0.1) is 0 Å². The van der Waals surface area contributed by atoms with E-state index in [0.717, 1.165) is 17.1 Å². The molecule has 1 heteroatoms. The molecule has 266 valence electrons. The van der Waals surface area contributed by atoms with Gasteiger partial charge >= 0.3 is 0 Å². The summed E-state index contributed by atoms with van der Waals surface area (Å²) < 4.78 is 0. The average Bonchev–Trinajstić information content (AvgIpc) is 3.30. The van der Waals surface area contributed by atoms with Crippen LogP contribution >= 0.6 is 0 Å². The maximum absolute atomic E-state index is 2.44. The fourth-order valence-electron chi connectivity index (χ4n) is 9.10. The molecule has 11 aromatic carbocycles. The first kappa shape index (κ1) is 32.9. The van der Waals surface area contributed by atoms with E-state index in [2.05, 4.69) is 229 Å². The molecule has 0 bridgehead atoms. The minimum absolute atomic E-state index is 1.11. The van der Waals surface area contributed by atoms with Gasteiger partial charge in [0.1, 0.15) is 0 Å². The van der Waals surface area contributed by atoms with E-state index < -0.39 is 0 Å². The lowest BCUT2D eigenvalue weighted by molar-refractivity contribution is 1.31. The molecular formula is C56H37N. The molecule has 0 amide bonds. The Morgan fingerprint density at radius 3 is 1.42 bits per heavy atom. The summed E-state index contributed by atoms with van der Waals surface area (Å²) in [7, 11) is 0. The maximum atomic E-state index is 2.44. The van der Waals surface area contributed by atoms with Crippen LogP contribution in [0.3, 0.4) is 0 Å². The quantitative estimate of drug-likeness (QED) is 0.154. The van der Waals surface area contributed by atoms with E-state index >= 15 is 0 Å². The van der Waals surface area contributed by atoms with Gasteiger partial charge in [-0.1, -0.05) is 188 Å². The zero-order valence-electron chi connectivity index (χ0n) is 31.3. The third-order valence-corrected chi connectivity index (χ3v) is 11.6. The van der Waals surface area contributed by atoms with Crippen LogP contribution in [-0.4, -0.2) is 0 Å². The Hall–Kier alpha value is -7.48. The van der Waals surface area contributed by atoms with Gasteiger partial charge in [0.15, 0.2) is 0 Å². The van der Waals surface area contributed by atoms with Crippen molar-refractivity contribution < 1.29 is 0 Å². The van der Waals surface area contributed by atoms with Gasteiger partial charge in [-0.2, -0.15) is 0 Å². The second kappa shape index (κ2) is 13.7. The zero-order chi connectivity index (χ0) is 37.7. The molecule has 0 radical (unpaired) electrons. The highest BCUT2D eigenvalue weighted by atomic mass is 15.1. The lowest BCUT2D eigenvalue weighted by Gasteiger charge is -2.28. The molecular weight excluding hydrogens is 687 g/mol. The Morgan fingerprint density at radius 1 is 0.263 bits per heavy atom. The Kier molecular flexibility index (Phi) is 7.89. The monoisotopic (exact) mass is 723 g/mol. The van der Waals surface area contributed by atoms with Gasteiger partial charge < -0.3 is 4.90 Å². The summed E-state index contributed by atoms with van der Waals surface area (Å²) in [5.41, 5.74) is 10.7. The number of hydrogen-bond acceptors (Lipinski definition) is 1. The number of nitrogens with zero attached hydrogens (tertiary/aromatic N) is 1. The predicted octanol–water partition coefficient (Wildman–Crippen LogP) is 15.9. The molecule has 0 unspecified atom stereocenters. The smallest absolute Gasteiger partial charge is 0.0546 e. The topological polar surface area (TPSA) is 3.24 Å². The van der Waals surface area contributed by atoms with Gasteiger partial charge in [-0.25, -0.2) is 0 Å². The fourth-order valence-corrected chi connectivity index (χ4v) is 9.10. The Bertz CT molecular complexity index is 3260. The second-order valence-electron chi connectivity index (χ2n) is 14.8. The zero-order valence-corrected chi connectivity index (χ0v) is 31.3. The molecule has 11 rings (SSSR count). The van der Waals surface area contributed by atoms with Crippen LogP contribution in [0.2, 0.25) is 0 Å². The molecule has 0 aliphatic heterocycles. The summed E-state index contributed by atoms with van der Waals surface area (Å²) in [5, 5.41) is 12.4. The van der Waals surface area contributed by atoms with E-state index in [1.165, 1.54) is 87.2 Å². The summed E-state index contributed by atoms with van der Waals surface area (Å²) in [5.74, 6) is 0. The molecule has 1 nitrogen and oxygen atoms in total. The van der Waals surface area contributed by atoms with Crippen LogP contribution in [-0.2, 0) is 0 Å². The Balaban J connectivity index is 1.29. The first-order valence-corrected chi connectivity index (χ1v) is 19.7. The minimum atomic E-state index is 1.11. The highest BCUT2D eigenvalue weighted by Crippen LogP contribution is 2.50. The lowest BCUT2D eigenvalue weighted by Crippen LogP contribution is -2.10. The van der Waals surface area contributed by atoms with Gasteiger partial charge in [0.05, 0.1) is 5.69 Å². The number of hydrogen-bond donors (Lipinski definition) is 0. The van der Waals surface area contributed by atoms with Gasteiger partial charge in [-0.05, 0) is 118 Å². The third-order valence-electron chi connectivity index (χ3n) is 11.6. The minimum Gasteiger partial charge on any atom is -0.310 e. The van der Waals surface area contributed by atoms with E-state index in [1.807, 2.05) is 0 Å². The van der Waals surface area contributed by atoms with Crippen molar-refractivity contribution in [3.63, 3.8) is 0 Å². The first-order chi connectivity index (χ1) is 28.3.